The van der Waals surface area contributed by atoms with Crippen molar-refractivity contribution >= 4 is 104 Å². The molecule has 0 saturated heterocycles. The number of nitrogens with two attached hydrogens (primary N) is 1. The smallest absolute Gasteiger partial charge is 0.269 e. The number of rotatable bonds is 11. The number of benzene rings is 8. The van der Waals surface area contributed by atoms with Gasteiger partial charge in [-0.25, -0.2) is 0 Å². The Morgan fingerprint density at radius 2 is 0.713 bits per heavy atom. The van der Waals surface area contributed by atoms with E-state index in [2.05, 4.69) is 99.4 Å². The second-order valence-electron chi connectivity index (χ2n) is 22.7. The van der Waals surface area contributed by atoms with Crippen LogP contribution in [0.25, 0.3) is 0 Å². The summed E-state index contributed by atoms with van der Waals surface area (Å²) in [6, 6.07) is 51.8. The van der Waals surface area contributed by atoms with Crippen molar-refractivity contribution in [3.8, 4) is 0 Å². The van der Waals surface area contributed by atoms with E-state index in [1.807, 2.05) is 95.9 Å². The minimum absolute atomic E-state index is 0.124. The number of halogens is 8. The minimum Gasteiger partial charge on any atom is -0.399 e. The molecular weight excluding hydrogens is 1250 g/mol. The van der Waals surface area contributed by atoms with Crippen LogP contribution in [-0.2, 0) is 6.54 Å². The van der Waals surface area contributed by atoms with Crippen molar-refractivity contribution < 1.29 is 4.92 Å². The third kappa shape index (κ3) is 15.6. The normalized spacial score (nSPS) is 20.7. The van der Waals surface area contributed by atoms with Crippen LogP contribution in [0, 0.1) is 10.1 Å². The molecule has 0 heterocycles. The van der Waals surface area contributed by atoms with E-state index in [0.29, 0.717) is 76.1 Å². The third-order valence-corrected chi connectivity index (χ3v) is 20.6. The van der Waals surface area contributed by atoms with Crippen molar-refractivity contribution in [3.05, 3.63) is 274 Å². The van der Waals surface area contributed by atoms with Gasteiger partial charge in [0.25, 0.3) is 5.69 Å². The number of nitrogens with one attached hydrogen (secondary N) is 5. The van der Waals surface area contributed by atoms with Gasteiger partial charge in [0.05, 0.1) is 45.1 Å². The quantitative estimate of drug-likeness (QED) is 0.0429. The lowest BCUT2D eigenvalue weighted by Gasteiger charge is -2.32. The maximum Gasteiger partial charge on any atom is 0.269 e. The van der Waals surface area contributed by atoms with Crippen molar-refractivity contribution in [2.45, 2.75) is 106 Å². The first-order valence-corrected chi connectivity index (χ1v) is 32.5. The molecule has 8 atom stereocenters. The number of fused-ring (bicyclic) bond motifs is 4. The molecule has 456 valence electrons. The molecule has 8 aromatic carbocycles. The van der Waals surface area contributed by atoms with Gasteiger partial charge in [0.15, 0.2) is 0 Å². The summed E-state index contributed by atoms with van der Waals surface area (Å²) in [6.07, 6.45) is 8.53. The zero-order valence-electron chi connectivity index (χ0n) is 49.3. The Labute approximate surface area is 552 Å². The third-order valence-electron chi connectivity index (χ3n) is 17.7. The molecule has 0 fully saturated rings. The number of nitrogen functional groups attached to an aromatic ring is 1. The Morgan fingerprint density at radius 1 is 0.379 bits per heavy atom. The second kappa shape index (κ2) is 30.7. The summed E-state index contributed by atoms with van der Waals surface area (Å²) in [7, 11) is 9.93. The number of non-ortho nitro benzene ring substituents is 1. The lowest BCUT2D eigenvalue weighted by atomic mass is 9.76. The number of anilines is 1. The Hall–Kier alpha value is -4.92. The summed E-state index contributed by atoms with van der Waals surface area (Å²) in [5, 5.41) is 32.6. The van der Waals surface area contributed by atoms with E-state index < -0.39 is 0 Å². The van der Waals surface area contributed by atoms with Gasteiger partial charge in [-0.15, -0.1) is 0 Å². The number of hydrogen-bond acceptors (Lipinski definition) is 8. The Morgan fingerprint density at radius 3 is 1.08 bits per heavy atom. The zero-order valence-corrected chi connectivity index (χ0v) is 55.3. The second-order valence-corrected chi connectivity index (χ2v) is 25.9. The van der Waals surface area contributed by atoms with Gasteiger partial charge in [0.1, 0.15) is 0 Å². The number of nitro groups is 1. The van der Waals surface area contributed by atoms with Crippen LogP contribution in [0.4, 0.5) is 11.4 Å². The molecule has 17 heteroatoms. The van der Waals surface area contributed by atoms with E-state index in [4.69, 9.17) is 98.5 Å². The highest BCUT2D eigenvalue weighted by Crippen LogP contribution is 2.47. The molecule has 0 bridgehead atoms. The maximum atomic E-state index is 11.1. The molecule has 9 nitrogen and oxygen atoms in total. The fourth-order valence-corrected chi connectivity index (χ4v) is 14.5. The van der Waals surface area contributed by atoms with Gasteiger partial charge in [-0.1, -0.05) is 172 Å². The first-order chi connectivity index (χ1) is 41.9. The van der Waals surface area contributed by atoms with Crippen LogP contribution in [0.15, 0.2) is 152 Å². The van der Waals surface area contributed by atoms with Gasteiger partial charge in [0, 0.05) is 72.2 Å². The molecule has 0 spiro atoms. The summed E-state index contributed by atoms with van der Waals surface area (Å²) in [5.74, 6) is 1.31. The summed E-state index contributed by atoms with van der Waals surface area (Å²) in [5.41, 5.74) is 23.3. The van der Waals surface area contributed by atoms with Crippen LogP contribution in [0.5, 0.6) is 0 Å². The standard InChI is InChI=1S/C19H22Cl2N2.C17H16Cl2N2O2.C17H18Cl2N2.C17H17Cl2N/c1-22-11-12-3-5-15-14(6-8-19(23-2)16(15)9-12)13-4-7-17(20)18(21)10-13;1-20-17-7-5-12(10-2-6-15(18)16(19)8-10)13-4-3-11(21(22)23)9-14(13)17;1-21-17-7-5-12(10-2-6-15(18)16(19)8-10)13-4-3-11(20)9-14(13)17;1-20-17-9-7-12(13-4-2-3-5-14(13)17)11-6-8-15(18)16(19)10-11/h3-5,7,9-10,14,19,22-23H,6,8,11H2,1-2H3;2-4,6,8-9,12,17,20H,5,7H2,1H3;2-4,6,8-9,12,17,21H,5,7,20H2,1H3;2-6,8,10,12,17,20H,7,9H2,1H3/t14-,19-;3*12-,17-/m0001/s1. The molecule has 4 aliphatic rings. The highest BCUT2D eigenvalue weighted by molar-refractivity contribution is 6.43. The van der Waals surface area contributed by atoms with Crippen molar-refractivity contribution in [1.82, 2.24) is 26.6 Å². The van der Waals surface area contributed by atoms with Crippen LogP contribution in [0.3, 0.4) is 0 Å². The van der Waals surface area contributed by atoms with Crippen LogP contribution in [-0.4, -0.2) is 40.2 Å². The number of nitrogens with zero attached hydrogens (tertiary/aromatic N) is 1. The predicted molar refractivity (Wildman–Crippen MR) is 367 cm³/mol. The van der Waals surface area contributed by atoms with E-state index >= 15 is 0 Å². The average Bonchev–Trinajstić information content (AvgIpc) is 1.39. The van der Waals surface area contributed by atoms with E-state index in [0.717, 1.165) is 80.3 Å². The fraction of sp³-hybridized carbons (Fsp3) is 0.314. The molecule has 12 rings (SSSR count). The summed E-state index contributed by atoms with van der Waals surface area (Å²) in [6.45, 7) is 0.890. The van der Waals surface area contributed by atoms with Gasteiger partial charge in [-0.05, 0) is 220 Å². The number of nitro benzene ring substituents is 1. The minimum atomic E-state index is -0.351. The first-order valence-electron chi connectivity index (χ1n) is 29.5. The molecule has 0 aliphatic heterocycles. The summed E-state index contributed by atoms with van der Waals surface area (Å²) in [4.78, 5) is 10.7. The lowest BCUT2D eigenvalue weighted by Crippen LogP contribution is -2.24. The van der Waals surface area contributed by atoms with Crippen molar-refractivity contribution in [2.75, 3.05) is 41.0 Å². The van der Waals surface area contributed by atoms with Crippen LogP contribution in [0.2, 0.25) is 40.2 Å². The summed E-state index contributed by atoms with van der Waals surface area (Å²) < 4.78 is 0. The molecule has 0 amide bonds. The zero-order chi connectivity index (χ0) is 62.1. The fourth-order valence-electron chi connectivity index (χ4n) is 13.3. The lowest BCUT2D eigenvalue weighted by molar-refractivity contribution is -0.385. The van der Waals surface area contributed by atoms with Gasteiger partial charge in [0.2, 0.25) is 0 Å². The largest absolute Gasteiger partial charge is 0.399 e. The molecular formula is C70H73Cl8N7O2. The van der Waals surface area contributed by atoms with Crippen molar-refractivity contribution in [2.24, 2.45) is 0 Å². The Bertz CT molecular complexity index is 3720. The van der Waals surface area contributed by atoms with Gasteiger partial charge < -0.3 is 32.3 Å². The van der Waals surface area contributed by atoms with E-state index in [-0.39, 0.29) is 22.6 Å². The molecule has 7 N–H and O–H groups in total. The molecule has 4 aliphatic carbocycles. The first kappa shape index (κ1) is 66.5. The van der Waals surface area contributed by atoms with Gasteiger partial charge in [-0.2, -0.15) is 0 Å². The highest BCUT2D eigenvalue weighted by atomic mass is 35.5. The Kier molecular flexibility index (Phi) is 23.5. The molecule has 0 saturated carbocycles. The molecule has 8 aromatic rings. The predicted octanol–water partition coefficient (Wildman–Crippen LogP) is 19.9. The van der Waals surface area contributed by atoms with E-state index in [9.17, 15) is 10.1 Å². The average molecular weight is 1330 g/mol. The molecule has 87 heavy (non-hydrogen) atoms. The van der Waals surface area contributed by atoms with Crippen LogP contribution in [0.1, 0.15) is 172 Å². The van der Waals surface area contributed by atoms with Crippen LogP contribution < -0.4 is 32.3 Å². The maximum absolute atomic E-state index is 11.1. The highest BCUT2D eigenvalue weighted by Gasteiger charge is 2.32. The van der Waals surface area contributed by atoms with Crippen molar-refractivity contribution in [3.63, 3.8) is 0 Å². The van der Waals surface area contributed by atoms with Crippen LogP contribution >= 0.6 is 92.8 Å². The van der Waals surface area contributed by atoms with Gasteiger partial charge in [-0.3, -0.25) is 10.1 Å². The monoisotopic (exact) mass is 1320 g/mol. The molecule has 0 unspecified atom stereocenters. The topological polar surface area (TPSA) is 129 Å². The Balaban J connectivity index is 0.000000139. The summed E-state index contributed by atoms with van der Waals surface area (Å²) >= 11 is 48.9. The number of hydrogen-bond donors (Lipinski definition) is 6. The van der Waals surface area contributed by atoms with Gasteiger partial charge >= 0.3 is 0 Å². The van der Waals surface area contributed by atoms with Crippen molar-refractivity contribution in [1.29, 1.82) is 0 Å². The van der Waals surface area contributed by atoms with E-state index in [1.165, 1.54) is 55.6 Å². The molecule has 0 radical (unpaired) electrons. The van der Waals surface area contributed by atoms with E-state index in [1.54, 1.807) is 18.2 Å². The SMILES string of the molecule is CNCc1ccc2c(c1)[C@@H](NC)CC[C@H]2c1ccc(Cl)c(Cl)c1.CN[C@@H]1CC[C@H](c2ccc(Cl)c(Cl)c2)c2ccccc21.CN[C@H]1CC[C@@H](c2ccc(Cl)c(Cl)c2)c2ccc(N)cc21.CN[C@H]1CC[C@@H](c2ccc(Cl)c(Cl)c2)c2ccc([N+](=O)[O-])cc21. The molecule has 0 aromatic heterocycles.